The Morgan fingerprint density at radius 3 is 2.00 bits per heavy atom. The fourth-order valence-electron chi connectivity index (χ4n) is 2.80. The second-order valence-corrected chi connectivity index (χ2v) is 12.9. The first kappa shape index (κ1) is 21.2. The van der Waals surface area contributed by atoms with Crippen LogP contribution in [0.25, 0.3) is 6.08 Å². The second kappa shape index (κ2) is 7.48. The van der Waals surface area contributed by atoms with Gasteiger partial charge in [-0.25, -0.2) is 0 Å². The fraction of sp³-hybridized carbons (Fsp3) is 0.409. The molecule has 1 aliphatic carbocycles. The van der Waals surface area contributed by atoms with Crippen molar-refractivity contribution in [3.8, 4) is 11.5 Å². The average Bonchev–Trinajstić information content (AvgIpc) is 2.61. The summed E-state index contributed by atoms with van der Waals surface area (Å²) >= 11 is 0. The lowest BCUT2D eigenvalue weighted by Crippen LogP contribution is -2.47. The molecule has 0 saturated carbocycles. The van der Waals surface area contributed by atoms with Gasteiger partial charge in [-0.05, 0) is 60.1 Å². The molecular weight excluding hydrogens is 356 g/mol. The standard InChI is InChI=1S/C22H30O4Si/c1-9-16-14-19(24-5)20(25-6)15-18(16)22(12-10-17(23)11-13-22)26-27(7,8)21(2,3)4/h9-15H,1H2,2-8H3. The SMILES string of the molecule is C=Cc1cc(OC)c(OC)cc1C1(O[Si](C)(C)C(C)(C)C)C=CC(=O)C=C1. The molecule has 27 heavy (non-hydrogen) atoms. The summed E-state index contributed by atoms with van der Waals surface area (Å²) in [5.74, 6) is 1.18. The van der Waals surface area contributed by atoms with Gasteiger partial charge in [-0.1, -0.05) is 33.4 Å². The van der Waals surface area contributed by atoms with Crippen LogP contribution in [0.4, 0.5) is 0 Å². The number of carbonyl (C=O) groups excluding carboxylic acids is 1. The Morgan fingerprint density at radius 2 is 1.56 bits per heavy atom. The lowest BCUT2D eigenvalue weighted by molar-refractivity contribution is -0.110. The van der Waals surface area contributed by atoms with Gasteiger partial charge in [0.1, 0.15) is 5.60 Å². The molecule has 5 heteroatoms. The van der Waals surface area contributed by atoms with Crippen LogP contribution in [0.1, 0.15) is 31.9 Å². The maximum atomic E-state index is 11.8. The van der Waals surface area contributed by atoms with Crippen molar-refractivity contribution in [3.63, 3.8) is 0 Å². The molecule has 0 aromatic heterocycles. The number of methoxy groups -OCH3 is 2. The van der Waals surface area contributed by atoms with E-state index in [1.54, 1.807) is 32.4 Å². The van der Waals surface area contributed by atoms with E-state index < -0.39 is 13.9 Å². The Bertz CT molecular complexity index is 781. The number of hydrogen-bond acceptors (Lipinski definition) is 4. The summed E-state index contributed by atoms with van der Waals surface area (Å²) in [4.78, 5) is 11.8. The first-order valence-electron chi connectivity index (χ1n) is 9.01. The predicted octanol–water partition coefficient (Wildman–Crippen LogP) is 5.26. The van der Waals surface area contributed by atoms with Crippen LogP contribution in [0.15, 0.2) is 43.0 Å². The van der Waals surface area contributed by atoms with Gasteiger partial charge in [0.2, 0.25) is 0 Å². The molecule has 1 aromatic rings. The highest BCUT2D eigenvalue weighted by molar-refractivity contribution is 6.74. The van der Waals surface area contributed by atoms with Crippen LogP contribution >= 0.6 is 0 Å². The first-order chi connectivity index (χ1) is 12.5. The number of allylic oxidation sites excluding steroid dienone is 2. The van der Waals surface area contributed by atoms with Crippen LogP contribution in [0.5, 0.6) is 11.5 Å². The molecule has 1 aliphatic rings. The van der Waals surface area contributed by atoms with Crippen LogP contribution in [0.3, 0.4) is 0 Å². The minimum absolute atomic E-state index is 0.00797. The van der Waals surface area contributed by atoms with Gasteiger partial charge in [-0.15, -0.1) is 0 Å². The van der Waals surface area contributed by atoms with E-state index in [0.29, 0.717) is 11.5 Å². The molecule has 2 rings (SSSR count). The normalized spacial score (nSPS) is 16.3. The molecule has 0 N–H and O–H groups in total. The zero-order chi connectivity index (χ0) is 20.5. The number of carbonyl (C=O) groups is 1. The van der Waals surface area contributed by atoms with E-state index >= 15 is 0 Å². The molecule has 0 heterocycles. The van der Waals surface area contributed by atoms with E-state index in [1.807, 2.05) is 24.3 Å². The number of ketones is 1. The van der Waals surface area contributed by atoms with Gasteiger partial charge in [0.15, 0.2) is 25.6 Å². The van der Waals surface area contributed by atoms with Crippen LogP contribution in [-0.4, -0.2) is 28.3 Å². The number of rotatable bonds is 6. The fourth-order valence-corrected chi connectivity index (χ4v) is 4.20. The molecule has 0 amide bonds. The lowest BCUT2D eigenvalue weighted by Gasteiger charge is -2.44. The molecule has 0 bridgehead atoms. The van der Waals surface area contributed by atoms with Gasteiger partial charge in [0.05, 0.1) is 14.2 Å². The van der Waals surface area contributed by atoms with Crippen molar-refractivity contribution in [2.45, 2.75) is 44.5 Å². The van der Waals surface area contributed by atoms with E-state index in [1.165, 1.54) is 0 Å². The Balaban J connectivity index is 2.73. The minimum Gasteiger partial charge on any atom is -0.493 e. The highest BCUT2D eigenvalue weighted by Crippen LogP contribution is 2.46. The topological polar surface area (TPSA) is 44.8 Å². The highest BCUT2D eigenvalue weighted by Gasteiger charge is 2.45. The summed E-state index contributed by atoms with van der Waals surface area (Å²) in [7, 11) is 1.03. The summed E-state index contributed by atoms with van der Waals surface area (Å²) in [6, 6.07) is 3.80. The zero-order valence-corrected chi connectivity index (χ0v) is 18.4. The minimum atomic E-state index is -2.17. The van der Waals surface area contributed by atoms with Gasteiger partial charge in [0, 0.05) is 5.56 Å². The van der Waals surface area contributed by atoms with Crippen molar-refractivity contribution >= 4 is 20.2 Å². The molecule has 4 nitrogen and oxygen atoms in total. The molecule has 0 fully saturated rings. The smallest absolute Gasteiger partial charge is 0.194 e. The predicted molar refractivity (Wildman–Crippen MR) is 113 cm³/mol. The Kier molecular flexibility index (Phi) is 5.87. The van der Waals surface area contributed by atoms with E-state index in [2.05, 4.69) is 40.4 Å². The highest BCUT2D eigenvalue weighted by atomic mass is 28.4. The number of benzene rings is 1. The molecule has 0 aliphatic heterocycles. The molecule has 0 unspecified atom stereocenters. The summed E-state index contributed by atoms with van der Waals surface area (Å²) in [6.07, 6.45) is 8.58. The summed E-state index contributed by atoms with van der Waals surface area (Å²) in [5.41, 5.74) is 0.884. The molecule has 0 atom stereocenters. The lowest BCUT2D eigenvalue weighted by atomic mass is 9.86. The van der Waals surface area contributed by atoms with Crippen molar-refractivity contribution in [1.82, 2.24) is 0 Å². The van der Waals surface area contributed by atoms with Gasteiger partial charge in [-0.2, -0.15) is 0 Å². The van der Waals surface area contributed by atoms with Gasteiger partial charge in [0.25, 0.3) is 0 Å². The molecule has 146 valence electrons. The zero-order valence-electron chi connectivity index (χ0n) is 17.4. The summed E-state index contributed by atoms with van der Waals surface area (Å²) in [5, 5.41) is 0.00797. The van der Waals surface area contributed by atoms with Crippen molar-refractivity contribution in [2.24, 2.45) is 0 Å². The molecule has 1 aromatic carbocycles. The van der Waals surface area contributed by atoms with Crippen LogP contribution in [0.2, 0.25) is 18.1 Å². The maximum Gasteiger partial charge on any atom is 0.194 e. The molecule has 0 saturated heterocycles. The average molecular weight is 387 g/mol. The third-order valence-electron chi connectivity index (χ3n) is 5.42. The Labute approximate surface area is 163 Å². The summed E-state index contributed by atoms with van der Waals surface area (Å²) in [6.45, 7) is 14.9. The van der Waals surface area contributed by atoms with E-state index in [4.69, 9.17) is 13.9 Å². The van der Waals surface area contributed by atoms with Crippen LogP contribution in [0, 0.1) is 0 Å². The quantitative estimate of drug-likeness (QED) is 0.626. The van der Waals surface area contributed by atoms with E-state index in [9.17, 15) is 4.79 Å². The van der Waals surface area contributed by atoms with E-state index in [0.717, 1.165) is 11.1 Å². The number of hydrogen-bond donors (Lipinski definition) is 0. The molecule has 0 spiro atoms. The molecular formula is C22H30O4Si. The van der Waals surface area contributed by atoms with Crippen molar-refractivity contribution in [1.29, 1.82) is 0 Å². The van der Waals surface area contributed by atoms with Crippen molar-refractivity contribution in [3.05, 3.63) is 54.1 Å². The third kappa shape index (κ3) is 4.09. The van der Waals surface area contributed by atoms with Gasteiger partial charge < -0.3 is 13.9 Å². The third-order valence-corrected chi connectivity index (χ3v) is 9.88. The largest absolute Gasteiger partial charge is 0.493 e. The first-order valence-corrected chi connectivity index (χ1v) is 11.9. The monoisotopic (exact) mass is 386 g/mol. The Morgan fingerprint density at radius 1 is 1.04 bits per heavy atom. The van der Waals surface area contributed by atoms with Crippen molar-refractivity contribution in [2.75, 3.05) is 14.2 Å². The van der Waals surface area contributed by atoms with Crippen molar-refractivity contribution < 1.29 is 18.7 Å². The maximum absolute atomic E-state index is 11.8. The van der Waals surface area contributed by atoms with Gasteiger partial charge in [-0.3, -0.25) is 4.79 Å². The second-order valence-electron chi connectivity index (χ2n) is 8.22. The number of ether oxygens (including phenoxy) is 2. The van der Waals surface area contributed by atoms with E-state index in [-0.39, 0.29) is 10.8 Å². The molecule has 0 radical (unpaired) electrons. The van der Waals surface area contributed by atoms with Gasteiger partial charge >= 0.3 is 0 Å². The Hall–Kier alpha value is -2.11. The summed E-state index contributed by atoms with van der Waals surface area (Å²) < 4.78 is 17.8. The van der Waals surface area contributed by atoms with Crippen LogP contribution in [-0.2, 0) is 14.8 Å². The van der Waals surface area contributed by atoms with Crippen LogP contribution < -0.4 is 9.47 Å².